The summed E-state index contributed by atoms with van der Waals surface area (Å²) in [4.78, 5) is 33.1. The molecule has 1 spiro atoms. The van der Waals surface area contributed by atoms with Crippen LogP contribution in [0.3, 0.4) is 0 Å². The van der Waals surface area contributed by atoms with Crippen molar-refractivity contribution >= 4 is 23.2 Å². The lowest BCUT2D eigenvalue weighted by atomic mass is 9.91. The van der Waals surface area contributed by atoms with Crippen LogP contribution in [0.4, 0.5) is 0 Å². The summed E-state index contributed by atoms with van der Waals surface area (Å²) in [7, 11) is 5.41. The number of thiophene rings is 1. The molecule has 2 aliphatic rings. The highest BCUT2D eigenvalue weighted by atomic mass is 32.1. The van der Waals surface area contributed by atoms with Gasteiger partial charge in [0.1, 0.15) is 5.54 Å². The second-order valence-corrected chi connectivity index (χ2v) is 7.84. The molecule has 7 heteroatoms. The van der Waals surface area contributed by atoms with E-state index in [9.17, 15) is 9.59 Å². The van der Waals surface area contributed by atoms with Crippen LogP contribution in [-0.4, -0.2) is 90.8 Å². The number of amides is 2. The minimum atomic E-state index is -0.547. The Kier molecular flexibility index (Phi) is 4.94. The van der Waals surface area contributed by atoms with Crippen LogP contribution in [0.2, 0.25) is 0 Å². The van der Waals surface area contributed by atoms with Crippen molar-refractivity contribution in [2.24, 2.45) is 0 Å². The first-order valence-corrected chi connectivity index (χ1v) is 9.31. The molecule has 132 valence electrons. The normalized spacial score (nSPS) is 25.6. The lowest BCUT2D eigenvalue weighted by Crippen LogP contribution is -2.67. The highest BCUT2D eigenvalue weighted by Gasteiger charge is 2.52. The molecule has 2 saturated heterocycles. The van der Waals surface area contributed by atoms with Gasteiger partial charge >= 0.3 is 0 Å². The maximum absolute atomic E-state index is 13.0. The minimum absolute atomic E-state index is 0.0583. The molecule has 6 nitrogen and oxygen atoms in total. The molecule has 2 aliphatic heterocycles. The molecule has 0 saturated carbocycles. The first-order valence-electron chi connectivity index (χ1n) is 8.36. The molecule has 1 aromatic heterocycles. The first-order chi connectivity index (χ1) is 11.4. The average Bonchev–Trinajstić information content (AvgIpc) is 3.19. The van der Waals surface area contributed by atoms with Gasteiger partial charge in [0.05, 0.1) is 6.54 Å². The van der Waals surface area contributed by atoms with Gasteiger partial charge in [0.2, 0.25) is 11.8 Å². The highest BCUT2D eigenvalue weighted by molar-refractivity contribution is 7.07. The fourth-order valence-electron chi connectivity index (χ4n) is 3.69. The van der Waals surface area contributed by atoms with Crippen molar-refractivity contribution in [3.8, 4) is 0 Å². The van der Waals surface area contributed by atoms with Gasteiger partial charge in [0.15, 0.2) is 0 Å². The summed E-state index contributed by atoms with van der Waals surface area (Å²) in [5.41, 5.74) is 0.749. The summed E-state index contributed by atoms with van der Waals surface area (Å²) >= 11 is 1.70. The van der Waals surface area contributed by atoms with Gasteiger partial charge in [-0.2, -0.15) is 11.3 Å². The Labute approximate surface area is 147 Å². The summed E-state index contributed by atoms with van der Waals surface area (Å²) < 4.78 is 0. The molecular formula is C17H26N4O2S. The number of hydrogen-bond donors (Lipinski definition) is 0. The van der Waals surface area contributed by atoms with Crippen LogP contribution >= 0.6 is 11.3 Å². The van der Waals surface area contributed by atoms with Gasteiger partial charge < -0.3 is 9.80 Å². The first kappa shape index (κ1) is 17.4. The molecule has 1 aromatic rings. The number of likely N-dealkylation sites (tertiary alicyclic amines) is 1. The zero-order valence-corrected chi connectivity index (χ0v) is 15.5. The Bertz CT molecular complexity index is 604. The van der Waals surface area contributed by atoms with E-state index < -0.39 is 5.54 Å². The molecule has 3 rings (SSSR count). The van der Waals surface area contributed by atoms with E-state index in [2.05, 4.69) is 26.6 Å². The Morgan fingerprint density at radius 3 is 2.79 bits per heavy atom. The van der Waals surface area contributed by atoms with E-state index in [0.29, 0.717) is 19.6 Å². The predicted molar refractivity (Wildman–Crippen MR) is 94.8 cm³/mol. The number of carbonyl (C=O) groups excluding carboxylic acids is 2. The van der Waals surface area contributed by atoms with Crippen LogP contribution < -0.4 is 0 Å². The predicted octanol–water partition coefficient (Wildman–Crippen LogP) is 0.555. The minimum Gasteiger partial charge on any atom is -0.348 e. The Balaban J connectivity index is 1.77. The van der Waals surface area contributed by atoms with Crippen molar-refractivity contribution in [2.45, 2.75) is 18.5 Å². The highest BCUT2D eigenvalue weighted by Crippen LogP contribution is 2.33. The van der Waals surface area contributed by atoms with E-state index in [-0.39, 0.29) is 11.8 Å². The van der Waals surface area contributed by atoms with Gasteiger partial charge in [0.25, 0.3) is 0 Å². The second-order valence-electron chi connectivity index (χ2n) is 7.06. The van der Waals surface area contributed by atoms with Crippen molar-refractivity contribution in [1.82, 2.24) is 19.6 Å². The summed E-state index contributed by atoms with van der Waals surface area (Å²) in [5.74, 6) is 0.219. The Morgan fingerprint density at radius 2 is 2.12 bits per heavy atom. The van der Waals surface area contributed by atoms with Crippen molar-refractivity contribution in [3.63, 3.8) is 0 Å². The zero-order chi connectivity index (χ0) is 17.3. The topological polar surface area (TPSA) is 47.1 Å². The lowest BCUT2D eigenvalue weighted by Gasteiger charge is -2.46. The SMILES string of the molecule is CN(C)C(=O)CN1CCN(C)C(=O)C12CCN(Cc1ccsc1)C2. The molecule has 0 bridgehead atoms. The van der Waals surface area contributed by atoms with E-state index in [1.54, 1.807) is 30.3 Å². The largest absolute Gasteiger partial charge is 0.348 e. The smallest absolute Gasteiger partial charge is 0.244 e. The van der Waals surface area contributed by atoms with Gasteiger partial charge in [0, 0.05) is 53.9 Å². The van der Waals surface area contributed by atoms with Crippen LogP contribution in [0.5, 0.6) is 0 Å². The Hall–Kier alpha value is -1.44. The van der Waals surface area contributed by atoms with Crippen molar-refractivity contribution in [3.05, 3.63) is 22.4 Å². The molecule has 0 aromatic carbocycles. The Morgan fingerprint density at radius 1 is 1.33 bits per heavy atom. The van der Waals surface area contributed by atoms with Crippen LogP contribution in [0.1, 0.15) is 12.0 Å². The molecule has 3 heterocycles. The summed E-state index contributed by atoms with van der Waals surface area (Å²) in [6.07, 6.45) is 0.793. The average molecular weight is 350 g/mol. The number of likely N-dealkylation sites (N-methyl/N-ethyl adjacent to an activating group) is 2. The zero-order valence-electron chi connectivity index (χ0n) is 14.7. The van der Waals surface area contributed by atoms with Gasteiger partial charge in [-0.25, -0.2) is 0 Å². The molecule has 0 radical (unpaired) electrons. The maximum Gasteiger partial charge on any atom is 0.244 e. The van der Waals surface area contributed by atoms with E-state index in [4.69, 9.17) is 0 Å². The van der Waals surface area contributed by atoms with E-state index in [1.165, 1.54) is 5.56 Å². The van der Waals surface area contributed by atoms with E-state index in [1.807, 2.05) is 11.9 Å². The molecule has 1 unspecified atom stereocenters. The third kappa shape index (κ3) is 3.20. The maximum atomic E-state index is 13.0. The molecule has 2 amide bonds. The number of nitrogens with zero attached hydrogens (tertiary/aromatic N) is 4. The molecule has 0 aliphatic carbocycles. The molecule has 2 fully saturated rings. The van der Waals surface area contributed by atoms with Crippen LogP contribution in [0.15, 0.2) is 16.8 Å². The van der Waals surface area contributed by atoms with Crippen molar-refractivity contribution in [2.75, 3.05) is 53.9 Å². The monoisotopic (exact) mass is 350 g/mol. The fraction of sp³-hybridized carbons (Fsp3) is 0.647. The fourth-order valence-corrected chi connectivity index (χ4v) is 4.35. The number of rotatable bonds is 4. The van der Waals surface area contributed by atoms with Gasteiger partial charge in [-0.3, -0.25) is 19.4 Å². The third-order valence-corrected chi connectivity index (χ3v) is 5.93. The molecular weight excluding hydrogens is 324 g/mol. The van der Waals surface area contributed by atoms with Crippen LogP contribution in [0.25, 0.3) is 0 Å². The molecule has 0 N–H and O–H groups in total. The third-order valence-electron chi connectivity index (χ3n) is 5.19. The molecule has 24 heavy (non-hydrogen) atoms. The summed E-state index contributed by atoms with van der Waals surface area (Å²) in [6, 6.07) is 2.14. The number of piperazine rings is 1. The van der Waals surface area contributed by atoms with Crippen molar-refractivity contribution < 1.29 is 9.59 Å². The number of carbonyl (C=O) groups is 2. The van der Waals surface area contributed by atoms with Crippen LogP contribution in [-0.2, 0) is 16.1 Å². The van der Waals surface area contributed by atoms with Gasteiger partial charge in [-0.15, -0.1) is 0 Å². The summed E-state index contributed by atoms with van der Waals surface area (Å²) in [6.45, 7) is 4.23. The number of hydrogen-bond acceptors (Lipinski definition) is 5. The van der Waals surface area contributed by atoms with Gasteiger partial charge in [-0.05, 0) is 28.8 Å². The van der Waals surface area contributed by atoms with Crippen LogP contribution in [0, 0.1) is 0 Å². The molecule has 1 atom stereocenters. The quantitative estimate of drug-likeness (QED) is 0.796. The second kappa shape index (κ2) is 6.82. The lowest BCUT2D eigenvalue weighted by molar-refractivity contribution is -0.151. The van der Waals surface area contributed by atoms with Gasteiger partial charge in [-0.1, -0.05) is 0 Å². The summed E-state index contributed by atoms with van der Waals surface area (Å²) in [5, 5.41) is 4.25. The standard InChI is InChI=1S/C17H26N4O2S/c1-18(2)15(22)11-21-8-7-19(3)16(23)17(21)5-6-20(13-17)10-14-4-9-24-12-14/h4,9,12H,5-8,10-11,13H2,1-3H3. The van der Waals surface area contributed by atoms with Crippen molar-refractivity contribution in [1.29, 1.82) is 0 Å². The van der Waals surface area contributed by atoms with E-state index >= 15 is 0 Å². The van der Waals surface area contributed by atoms with E-state index in [0.717, 1.165) is 26.1 Å².